The Balaban J connectivity index is 1.78. The van der Waals surface area contributed by atoms with Crippen molar-refractivity contribution in [1.82, 2.24) is 4.98 Å². The van der Waals surface area contributed by atoms with E-state index in [4.69, 9.17) is 14.5 Å². The van der Waals surface area contributed by atoms with Crippen LogP contribution in [0.25, 0.3) is 22.0 Å². The fourth-order valence-electron chi connectivity index (χ4n) is 3.85. The van der Waals surface area contributed by atoms with Gasteiger partial charge in [-0.3, -0.25) is 4.98 Å². The molecule has 0 radical (unpaired) electrons. The highest BCUT2D eigenvalue weighted by molar-refractivity contribution is 5.97. The highest BCUT2D eigenvalue weighted by atomic mass is 19.1. The first-order valence-electron chi connectivity index (χ1n) is 9.62. The van der Waals surface area contributed by atoms with Crippen LogP contribution in [0.5, 0.6) is 0 Å². The molecule has 3 aromatic rings. The molecule has 0 unspecified atom stereocenters. The lowest BCUT2D eigenvalue weighted by molar-refractivity contribution is -0.202. The molecular weight excluding hydrogens is 341 g/mol. The molecule has 0 amide bonds. The predicted octanol–water partition coefficient (Wildman–Crippen LogP) is 5.60. The lowest BCUT2D eigenvalue weighted by Gasteiger charge is -2.31. The third-order valence-electron chi connectivity index (χ3n) is 5.36. The average molecular weight is 363 g/mol. The van der Waals surface area contributed by atoms with Gasteiger partial charge in [0.25, 0.3) is 0 Å². The Morgan fingerprint density at radius 1 is 0.963 bits per heavy atom. The summed E-state index contributed by atoms with van der Waals surface area (Å²) < 4.78 is 25.8. The largest absolute Gasteiger partial charge is 0.348 e. The van der Waals surface area contributed by atoms with E-state index in [1.807, 2.05) is 30.3 Å². The first-order valence-corrected chi connectivity index (χ1v) is 9.62. The van der Waals surface area contributed by atoms with Crippen LogP contribution >= 0.6 is 0 Å². The minimum atomic E-state index is -0.422. The number of fused-ring (bicyclic) bond motifs is 1. The van der Waals surface area contributed by atoms with E-state index in [2.05, 4.69) is 13.0 Å². The van der Waals surface area contributed by atoms with Crippen LogP contribution in [0.3, 0.4) is 0 Å². The molecule has 1 aromatic heterocycles. The van der Waals surface area contributed by atoms with Crippen molar-refractivity contribution in [2.24, 2.45) is 5.92 Å². The molecule has 138 valence electrons. The molecule has 5 rings (SSSR count). The molecule has 2 aliphatic rings. The highest BCUT2D eigenvalue weighted by Crippen LogP contribution is 2.48. The summed E-state index contributed by atoms with van der Waals surface area (Å²) in [6, 6.07) is 14.8. The van der Waals surface area contributed by atoms with Gasteiger partial charge in [0.15, 0.2) is 6.29 Å². The maximum atomic E-state index is 13.6. The molecule has 27 heavy (non-hydrogen) atoms. The maximum absolute atomic E-state index is 13.6. The van der Waals surface area contributed by atoms with E-state index < -0.39 is 6.29 Å². The smallest absolute Gasteiger partial charge is 0.186 e. The van der Waals surface area contributed by atoms with Crippen molar-refractivity contribution in [3.05, 3.63) is 65.6 Å². The van der Waals surface area contributed by atoms with Crippen LogP contribution in [0.4, 0.5) is 4.39 Å². The van der Waals surface area contributed by atoms with E-state index >= 15 is 0 Å². The number of hydrogen-bond donors (Lipinski definition) is 0. The SMILES string of the molecule is C[C@H]1CO[C@H](c2c(C3CC3)nc3ccccc3c2-c2ccc(F)cc2)OC1. The van der Waals surface area contributed by atoms with Gasteiger partial charge >= 0.3 is 0 Å². The molecule has 1 aliphatic heterocycles. The van der Waals surface area contributed by atoms with Crippen LogP contribution in [-0.4, -0.2) is 18.2 Å². The molecule has 2 heterocycles. The summed E-state index contributed by atoms with van der Waals surface area (Å²) in [5.41, 5.74) is 5.09. The van der Waals surface area contributed by atoms with Crippen LogP contribution in [0, 0.1) is 11.7 Å². The first kappa shape index (κ1) is 16.8. The van der Waals surface area contributed by atoms with E-state index in [-0.39, 0.29) is 5.82 Å². The van der Waals surface area contributed by atoms with Gasteiger partial charge in [0.05, 0.1) is 24.4 Å². The van der Waals surface area contributed by atoms with Gasteiger partial charge < -0.3 is 9.47 Å². The molecular formula is C23H22FNO2. The molecule has 1 saturated carbocycles. The maximum Gasteiger partial charge on any atom is 0.186 e. The monoisotopic (exact) mass is 363 g/mol. The topological polar surface area (TPSA) is 31.4 Å². The highest BCUT2D eigenvalue weighted by Gasteiger charge is 2.35. The van der Waals surface area contributed by atoms with Gasteiger partial charge in [-0.2, -0.15) is 0 Å². The van der Waals surface area contributed by atoms with Crippen LogP contribution in [0.2, 0.25) is 0 Å². The predicted molar refractivity (Wildman–Crippen MR) is 103 cm³/mol. The fraction of sp³-hybridized carbons (Fsp3) is 0.348. The third kappa shape index (κ3) is 3.13. The lowest BCUT2D eigenvalue weighted by Crippen LogP contribution is -2.26. The molecule has 4 heteroatoms. The quantitative estimate of drug-likeness (QED) is 0.607. The van der Waals surface area contributed by atoms with Crippen LogP contribution in [0.15, 0.2) is 48.5 Å². The zero-order valence-corrected chi connectivity index (χ0v) is 15.3. The Bertz CT molecular complexity index is 974. The number of hydrogen-bond acceptors (Lipinski definition) is 3. The normalized spacial score (nSPS) is 22.9. The summed E-state index contributed by atoms with van der Waals surface area (Å²) in [5, 5.41) is 1.05. The Hall–Kier alpha value is -2.30. The first-order chi connectivity index (χ1) is 13.2. The van der Waals surface area contributed by atoms with E-state index in [1.54, 1.807) is 0 Å². The summed E-state index contributed by atoms with van der Waals surface area (Å²) in [6.45, 7) is 3.46. The van der Waals surface area contributed by atoms with Gasteiger partial charge in [-0.1, -0.05) is 37.3 Å². The molecule has 0 bridgehead atoms. The lowest BCUT2D eigenvalue weighted by atomic mass is 9.92. The Morgan fingerprint density at radius 2 is 1.67 bits per heavy atom. The number of rotatable bonds is 3. The summed E-state index contributed by atoms with van der Waals surface area (Å²) in [7, 11) is 0. The van der Waals surface area contributed by atoms with Gasteiger partial charge in [0, 0.05) is 28.3 Å². The summed E-state index contributed by atoms with van der Waals surface area (Å²) in [6.07, 6.45) is 1.86. The van der Waals surface area contributed by atoms with Crippen molar-refractivity contribution in [2.45, 2.75) is 32.0 Å². The number of pyridine rings is 1. The molecule has 1 aliphatic carbocycles. The zero-order valence-electron chi connectivity index (χ0n) is 15.3. The van der Waals surface area contributed by atoms with Gasteiger partial charge in [-0.05, 0) is 36.6 Å². The molecule has 3 nitrogen and oxygen atoms in total. The average Bonchev–Trinajstić information content (AvgIpc) is 3.53. The standard InChI is InChI=1S/C23H22FNO2/c1-14-12-26-23(27-13-14)21-20(15-8-10-17(24)11-9-15)18-4-2-3-5-19(18)25-22(21)16-6-7-16/h2-5,8-11,14,16,23H,6-7,12-13H2,1H3/t14-,23-. The third-order valence-corrected chi connectivity index (χ3v) is 5.36. The number of benzene rings is 2. The van der Waals surface area contributed by atoms with Crippen molar-refractivity contribution in [1.29, 1.82) is 0 Å². The van der Waals surface area contributed by atoms with Crippen molar-refractivity contribution >= 4 is 10.9 Å². The van der Waals surface area contributed by atoms with Crippen molar-refractivity contribution < 1.29 is 13.9 Å². The minimum Gasteiger partial charge on any atom is -0.348 e. The van der Waals surface area contributed by atoms with Crippen LogP contribution in [0.1, 0.15) is 43.2 Å². The molecule has 1 saturated heterocycles. The summed E-state index contributed by atoms with van der Waals surface area (Å²) >= 11 is 0. The second-order valence-electron chi connectivity index (χ2n) is 7.69. The van der Waals surface area contributed by atoms with E-state index in [0.29, 0.717) is 25.0 Å². The molecule has 0 spiro atoms. The van der Waals surface area contributed by atoms with E-state index in [1.165, 1.54) is 12.1 Å². The van der Waals surface area contributed by atoms with Crippen molar-refractivity contribution in [3.8, 4) is 11.1 Å². The van der Waals surface area contributed by atoms with E-state index in [9.17, 15) is 4.39 Å². The van der Waals surface area contributed by atoms with E-state index in [0.717, 1.165) is 46.1 Å². The number of para-hydroxylation sites is 1. The van der Waals surface area contributed by atoms with Gasteiger partial charge in [0.1, 0.15) is 5.82 Å². The molecule has 2 fully saturated rings. The number of nitrogens with zero attached hydrogens (tertiary/aromatic N) is 1. The fourth-order valence-corrected chi connectivity index (χ4v) is 3.85. The van der Waals surface area contributed by atoms with Gasteiger partial charge in [-0.15, -0.1) is 0 Å². The molecule has 0 N–H and O–H groups in total. The second kappa shape index (κ2) is 6.70. The summed E-state index contributed by atoms with van der Waals surface area (Å²) in [5.74, 6) is 0.601. The van der Waals surface area contributed by atoms with Gasteiger partial charge in [0.2, 0.25) is 0 Å². The molecule has 0 atom stereocenters. The van der Waals surface area contributed by atoms with Crippen molar-refractivity contribution in [2.75, 3.05) is 13.2 Å². The molecule has 2 aromatic carbocycles. The van der Waals surface area contributed by atoms with Crippen molar-refractivity contribution in [3.63, 3.8) is 0 Å². The second-order valence-corrected chi connectivity index (χ2v) is 7.69. The van der Waals surface area contributed by atoms with Gasteiger partial charge in [-0.25, -0.2) is 4.39 Å². The minimum absolute atomic E-state index is 0.236. The summed E-state index contributed by atoms with van der Waals surface area (Å²) in [4.78, 5) is 5.00. The number of aromatic nitrogens is 1. The number of halogens is 1. The number of ether oxygens (including phenoxy) is 2. The Labute approximate surface area is 158 Å². The zero-order chi connectivity index (χ0) is 18.4. The Kier molecular flexibility index (Phi) is 4.18. The van der Waals surface area contributed by atoms with Crippen LogP contribution < -0.4 is 0 Å². The Morgan fingerprint density at radius 3 is 2.37 bits per heavy atom. The van der Waals surface area contributed by atoms with Crippen LogP contribution in [-0.2, 0) is 9.47 Å².